The molecule has 17 heavy (non-hydrogen) atoms. The molecule has 1 aromatic rings. The number of halogens is 1. The van der Waals surface area contributed by atoms with E-state index in [9.17, 15) is 4.39 Å². The van der Waals surface area contributed by atoms with Crippen molar-refractivity contribution in [2.24, 2.45) is 23.6 Å². The van der Waals surface area contributed by atoms with Crippen molar-refractivity contribution in [2.45, 2.75) is 31.7 Å². The summed E-state index contributed by atoms with van der Waals surface area (Å²) >= 11 is 0. The highest BCUT2D eigenvalue weighted by Crippen LogP contribution is 2.60. The Bertz CT molecular complexity index is 378. The largest absolute Gasteiger partial charge is 0.271 e. The van der Waals surface area contributed by atoms with Crippen LogP contribution < -0.4 is 11.3 Å². The third-order valence-electron chi connectivity index (χ3n) is 4.52. The van der Waals surface area contributed by atoms with Crippen LogP contribution in [-0.4, -0.2) is 0 Å². The molecule has 2 saturated carbocycles. The van der Waals surface area contributed by atoms with E-state index in [1.54, 1.807) is 0 Å². The molecule has 92 valence electrons. The molecule has 2 nitrogen and oxygen atoms in total. The van der Waals surface area contributed by atoms with Crippen LogP contribution in [0.2, 0.25) is 0 Å². The van der Waals surface area contributed by atoms with Crippen molar-refractivity contribution in [1.29, 1.82) is 0 Å². The van der Waals surface area contributed by atoms with E-state index >= 15 is 0 Å². The first-order chi connectivity index (χ1) is 8.31. The lowest BCUT2D eigenvalue weighted by molar-refractivity contribution is 0.455. The summed E-state index contributed by atoms with van der Waals surface area (Å²) in [6, 6.07) is 6.94. The van der Waals surface area contributed by atoms with E-state index in [0.29, 0.717) is 5.92 Å². The van der Waals surface area contributed by atoms with Gasteiger partial charge in [-0.15, -0.1) is 0 Å². The van der Waals surface area contributed by atoms with Gasteiger partial charge < -0.3 is 0 Å². The number of benzene rings is 1. The minimum atomic E-state index is -0.183. The predicted octanol–water partition coefficient (Wildman–Crippen LogP) is 2.77. The Hall–Kier alpha value is -0.930. The highest BCUT2D eigenvalue weighted by molar-refractivity contribution is 5.23. The van der Waals surface area contributed by atoms with Crippen molar-refractivity contribution >= 4 is 0 Å². The molecular weight excluding hydrogens is 215 g/mol. The molecule has 0 radical (unpaired) electrons. The standard InChI is InChI=1S/C14H19FN2/c15-10-7-5-9(6-8-10)14(17-16)13-11-3-1-2-4-12(11)13/h5-8,11-14,17H,1-4,16H2. The second kappa shape index (κ2) is 4.39. The Morgan fingerprint density at radius 3 is 2.24 bits per heavy atom. The predicted molar refractivity (Wildman–Crippen MR) is 65.4 cm³/mol. The van der Waals surface area contributed by atoms with E-state index in [2.05, 4.69) is 5.43 Å². The van der Waals surface area contributed by atoms with Gasteiger partial charge in [0, 0.05) is 6.04 Å². The fourth-order valence-electron chi connectivity index (χ4n) is 3.64. The van der Waals surface area contributed by atoms with Crippen LogP contribution in [0.25, 0.3) is 0 Å². The molecule has 0 aromatic heterocycles. The number of hydrazine groups is 1. The SMILES string of the molecule is NNC(c1ccc(F)cc1)C1C2CCCCC21. The van der Waals surface area contributed by atoms with Crippen molar-refractivity contribution in [3.8, 4) is 0 Å². The molecule has 3 heteroatoms. The van der Waals surface area contributed by atoms with Crippen molar-refractivity contribution in [1.82, 2.24) is 5.43 Å². The fraction of sp³-hybridized carbons (Fsp3) is 0.571. The van der Waals surface area contributed by atoms with Crippen LogP contribution in [0.5, 0.6) is 0 Å². The topological polar surface area (TPSA) is 38.0 Å². The van der Waals surface area contributed by atoms with Crippen molar-refractivity contribution < 1.29 is 4.39 Å². The zero-order valence-corrected chi connectivity index (χ0v) is 9.90. The van der Waals surface area contributed by atoms with Gasteiger partial charge in [-0.25, -0.2) is 4.39 Å². The summed E-state index contributed by atoms with van der Waals surface area (Å²) in [6.45, 7) is 0. The van der Waals surface area contributed by atoms with E-state index < -0.39 is 0 Å². The lowest BCUT2D eigenvalue weighted by Crippen LogP contribution is -2.30. The van der Waals surface area contributed by atoms with Crippen LogP contribution in [-0.2, 0) is 0 Å². The van der Waals surface area contributed by atoms with Gasteiger partial charge in [-0.05, 0) is 48.3 Å². The normalized spacial score (nSPS) is 32.9. The molecule has 2 fully saturated rings. The van der Waals surface area contributed by atoms with Gasteiger partial charge >= 0.3 is 0 Å². The lowest BCUT2D eigenvalue weighted by atomic mass is 10.0. The van der Waals surface area contributed by atoms with E-state index in [1.165, 1.54) is 37.8 Å². The van der Waals surface area contributed by atoms with Crippen molar-refractivity contribution in [3.63, 3.8) is 0 Å². The minimum absolute atomic E-state index is 0.183. The zero-order chi connectivity index (χ0) is 11.8. The average molecular weight is 234 g/mol. The number of hydrogen-bond donors (Lipinski definition) is 2. The van der Waals surface area contributed by atoms with Gasteiger partial charge in [0.1, 0.15) is 5.82 Å². The summed E-state index contributed by atoms with van der Waals surface area (Å²) in [4.78, 5) is 0. The summed E-state index contributed by atoms with van der Waals surface area (Å²) in [5.41, 5.74) is 4.05. The fourth-order valence-corrected chi connectivity index (χ4v) is 3.64. The Kier molecular flexibility index (Phi) is 2.89. The van der Waals surface area contributed by atoms with E-state index in [-0.39, 0.29) is 11.9 Å². The molecule has 0 bridgehead atoms. The minimum Gasteiger partial charge on any atom is -0.271 e. The van der Waals surface area contributed by atoms with Gasteiger partial charge in [-0.2, -0.15) is 0 Å². The molecule has 1 aromatic carbocycles. The van der Waals surface area contributed by atoms with Crippen molar-refractivity contribution in [3.05, 3.63) is 35.6 Å². The van der Waals surface area contributed by atoms with E-state index in [4.69, 9.17) is 5.84 Å². The molecule has 3 atom stereocenters. The summed E-state index contributed by atoms with van der Waals surface area (Å²) in [7, 11) is 0. The Morgan fingerprint density at radius 1 is 1.12 bits per heavy atom. The first-order valence-corrected chi connectivity index (χ1v) is 6.53. The van der Waals surface area contributed by atoms with Crippen molar-refractivity contribution in [2.75, 3.05) is 0 Å². The van der Waals surface area contributed by atoms with Crippen LogP contribution in [0.15, 0.2) is 24.3 Å². The summed E-state index contributed by atoms with van der Waals surface area (Å²) in [6.07, 6.45) is 5.40. The molecular formula is C14H19FN2. The summed E-state index contributed by atoms with van der Waals surface area (Å²) in [5.74, 6) is 7.86. The quantitative estimate of drug-likeness (QED) is 0.623. The smallest absolute Gasteiger partial charge is 0.123 e. The third kappa shape index (κ3) is 1.98. The Labute approximate surface area is 101 Å². The van der Waals surface area contributed by atoms with Gasteiger partial charge in [0.15, 0.2) is 0 Å². The zero-order valence-electron chi connectivity index (χ0n) is 9.90. The highest BCUT2D eigenvalue weighted by atomic mass is 19.1. The average Bonchev–Trinajstić information content (AvgIpc) is 3.07. The van der Waals surface area contributed by atoms with E-state index in [1.807, 2.05) is 12.1 Å². The second-order valence-corrected chi connectivity index (χ2v) is 5.39. The first-order valence-electron chi connectivity index (χ1n) is 6.53. The molecule has 3 unspecified atom stereocenters. The second-order valence-electron chi connectivity index (χ2n) is 5.39. The molecule has 0 spiro atoms. The van der Waals surface area contributed by atoms with Gasteiger partial charge in [-0.1, -0.05) is 25.0 Å². The maximum Gasteiger partial charge on any atom is 0.123 e. The molecule has 2 aliphatic carbocycles. The van der Waals surface area contributed by atoms with Crippen LogP contribution in [0.3, 0.4) is 0 Å². The van der Waals surface area contributed by atoms with Gasteiger partial charge in [0.05, 0.1) is 0 Å². The monoisotopic (exact) mass is 234 g/mol. The number of rotatable bonds is 3. The number of nitrogens with two attached hydrogens (primary N) is 1. The number of fused-ring (bicyclic) bond motifs is 1. The maximum atomic E-state index is 12.9. The van der Waals surface area contributed by atoms with Gasteiger partial charge in [0.25, 0.3) is 0 Å². The summed E-state index contributed by atoms with van der Waals surface area (Å²) < 4.78 is 12.9. The lowest BCUT2D eigenvalue weighted by Gasteiger charge is -2.16. The molecule has 3 rings (SSSR count). The first kappa shape index (κ1) is 11.2. The molecule has 0 saturated heterocycles. The molecule has 3 N–H and O–H groups in total. The van der Waals surface area contributed by atoms with Crippen LogP contribution >= 0.6 is 0 Å². The molecule has 2 aliphatic rings. The number of hydrogen-bond acceptors (Lipinski definition) is 2. The van der Waals surface area contributed by atoms with E-state index in [0.717, 1.165) is 17.4 Å². The molecule has 0 amide bonds. The Balaban J connectivity index is 1.78. The number of nitrogens with one attached hydrogen (secondary N) is 1. The van der Waals surface area contributed by atoms with Crippen LogP contribution in [0.1, 0.15) is 37.3 Å². The molecule has 0 aliphatic heterocycles. The van der Waals surface area contributed by atoms with Crippen LogP contribution in [0, 0.1) is 23.6 Å². The van der Waals surface area contributed by atoms with Crippen LogP contribution in [0.4, 0.5) is 4.39 Å². The highest BCUT2D eigenvalue weighted by Gasteiger charge is 2.54. The Morgan fingerprint density at radius 2 is 1.71 bits per heavy atom. The summed E-state index contributed by atoms with van der Waals surface area (Å²) in [5, 5.41) is 0. The van der Waals surface area contributed by atoms with Gasteiger partial charge in [0.2, 0.25) is 0 Å². The molecule has 0 heterocycles. The van der Waals surface area contributed by atoms with Gasteiger partial charge in [-0.3, -0.25) is 11.3 Å². The maximum absolute atomic E-state index is 12.9. The third-order valence-corrected chi connectivity index (χ3v) is 4.52.